The number of hydrogen-bond donors (Lipinski definition) is 1. The molecule has 3 rings (SSSR count). The number of hydrogen-bond acceptors (Lipinski definition) is 4. The second-order valence-corrected chi connectivity index (χ2v) is 7.95. The van der Waals surface area contributed by atoms with E-state index in [9.17, 15) is 17.6 Å². The van der Waals surface area contributed by atoms with Gasteiger partial charge in [-0.05, 0) is 43.7 Å². The van der Waals surface area contributed by atoms with Crippen LogP contribution in [0.2, 0.25) is 0 Å². The molecule has 8 heteroatoms. The lowest BCUT2D eigenvalue weighted by molar-refractivity contribution is 0.143. The van der Waals surface area contributed by atoms with Gasteiger partial charge >= 0.3 is 6.09 Å². The number of rotatable bonds is 5. The molecule has 0 bridgehead atoms. The van der Waals surface area contributed by atoms with E-state index < -0.39 is 28.0 Å². The highest BCUT2D eigenvalue weighted by Gasteiger charge is 2.33. The lowest BCUT2D eigenvalue weighted by Crippen LogP contribution is -2.35. The molecule has 1 atom stereocenters. The number of anilines is 1. The molecule has 0 aliphatic carbocycles. The van der Waals surface area contributed by atoms with Crippen molar-refractivity contribution in [2.24, 2.45) is 0 Å². The van der Waals surface area contributed by atoms with Crippen LogP contribution in [-0.4, -0.2) is 33.7 Å². The summed E-state index contributed by atoms with van der Waals surface area (Å²) in [6, 6.07) is 10.6. The third-order valence-electron chi connectivity index (χ3n) is 4.11. The maximum Gasteiger partial charge on any atom is 0.414 e. The Kier molecular flexibility index (Phi) is 4.97. The van der Waals surface area contributed by atoms with E-state index in [1.807, 2.05) is 6.92 Å². The molecule has 1 N–H and O–H groups in total. The van der Waals surface area contributed by atoms with Gasteiger partial charge in [-0.3, -0.25) is 4.90 Å². The van der Waals surface area contributed by atoms with Gasteiger partial charge in [0.05, 0.1) is 17.1 Å². The van der Waals surface area contributed by atoms with Crippen LogP contribution in [0, 0.1) is 19.7 Å². The number of halogens is 1. The Labute approximate surface area is 151 Å². The fourth-order valence-electron chi connectivity index (χ4n) is 2.86. The number of amides is 1. The number of ether oxygens (including phenoxy) is 1. The van der Waals surface area contributed by atoms with Crippen LogP contribution >= 0.6 is 0 Å². The molecular weight excluding hydrogens is 359 g/mol. The predicted molar refractivity (Wildman–Crippen MR) is 95.1 cm³/mol. The summed E-state index contributed by atoms with van der Waals surface area (Å²) in [5.74, 6) is -0.464. The molecule has 0 spiro atoms. The van der Waals surface area contributed by atoms with Crippen molar-refractivity contribution in [3.05, 3.63) is 59.4 Å². The second-order valence-electron chi connectivity index (χ2n) is 6.22. The maximum atomic E-state index is 13.3. The first-order chi connectivity index (χ1) is 12.3. The first-order valence-electron chi connectivity index (χ1n) is 8.07. The highest BCUT2D eigenvalue weighted by atomic mass is 32.2. The van der Waals surface area contributed by atoms with Gasteiger partial charge in [-0.2, -0.15) is 0 Å². The van der Waals surface area contributed by atoms with Gasteiger partial charge in [0.2, 0.25) is 10.0 Å². The van der Waals surface area contributed by atoms with Crippen LogP contribution in [0.5, 0.6) is 0 Å². The van der Waals surface area contributed by atoms with Crippen molar-refractivity contribution >= 4 is 21.8 Å². The minimum atomic E-state index is -3.72. The normalized spacial score (nSPS) is 17.4. The number of nitrogens with one attached hydrogen (secondary N) is 1. The van der Waals surface area contributed by atoms with E-state index in [0.717, 1.165) is 5.56 Å². The van der Waals surface area contributed by atoms with Crippen LogP contribution in [0.15, 0.2) is 47.4 Å². The van der Waals surface area contributed by atoms with Gasteiger partial charge in [0.15, 0.2) is 0 Å². The largest absolute Gasteiger partial charge is 0.443 e. The summed E-state index contributed by atoms with van der Waals surface area (Å²) in [5, 5.41) is 0. The molecule has 1 heterocycles. The van der Waals surface area contributed by atoms with Gasteiger partial charge in [-0.1, -0.05) is 23.8 Å². The Balaban J connectivity index is 1.68. The summed E-state index contributed by atoms with van der Waals surface area (Å²) in [7, 11) is -3.72. The van der Waals surface area contributed by atoms with Crippen molar-refractivity contribution in [3.8, 4) is 0 Å². The highest BCUT2D eigenvalue weighted by molar-refractivity contribution is 7.89. The Morgan fingerprint density at radius 3 is 2.69 bits per heavy atom. The van der Waals surface area contributed by atoms with E-state index in [0.29, 0.717) is 11.3 Å². The molecule has 6 nitrogen and oxygen atoms in total. The Morgan fingerprint density at radius 1 is 1.23 bits per heavy atom. The van der Waals surface area contributed by atoms with Crippen molar-refractivity contribution < 1.29 is 22.3 Å². The van der Waals surface area contributed by atoms with E-state index in [2.05, 4.69) is 4.72 Å². The van der Waals surface area contributed by atoms with Crippen molar-refractivity contribution in [2.45, 2.75) is 24.8 Å². The molecule has 1 amide bonds. The van der Waals surface area contributed by atoms with Gasteiger partial charge in [-0.25, -0.2) is 22.3 Å². The molecular formula is C18H19FN2O4S. The SMILES string of the molecule is Cc1ccc(S(=O)(=O)NCC2CN(c3cccc(F)c3)C(=O)O2)c(C)c1. The summed E-state index contributed by atoms with van der Waals surface area (Å²) in [6.45, 7) is 3.68. The van der Waals surface area contributed by atoms with Crippen LogP contribution in [0.4, 0.5) is 14.9 Å². The lowest BCUT2D eigenvalue weighted by Gasteiger charge is -2.14. The summed E-state index contributed by atoms with van der Waals surface area (Å²) < 4.78 is 46.0. The molecule has 1 aliphatic heterocycles. The van der Waals surface area contributed by atoms with E-state index in [1.165, 1.54) is 23.1 Å². The second kappa shape index (κ2) is 7.05. The van der Waals surface area contributed by atoms with Crippen molar-refractivity contribution in [2.75, 3.05) is 18.0 Å². The van der Waals surface area contributed by atoms with Gasteiger partial charge < -0.3 is 4.74 Å². The highest BCUT2D eigenvalue weighted by Crippen LogP contribution is 2.22. The fraction of sp³-hybridized carbons (Fsp3) is 0.278. The quantitative estimate of drug-likeness (QED) is 0.868. The topological polar surface area (TPSA) is 75.7 Å². The van der Waals surface area contributed by atoms with Gasteiger partial charge in [0.25, 0.3) is 0 Å². The predicted octanol–water partition coefficient (Wildman–Crippen LogP) is 2.75. The number of sulfonamides is 1. The number of aryl methyl sites for hydroxylation is 2. The number of carbonyl (C=O) groups excluding carboxylic acids is 1. The average molecular weight is 378 g/mol. The summed E-state index contributed by atoms with van der Waals surface area (Å²) in [5.41, 5.74) is 1.98. The molecule has 1 fully saturated rings. The molecule has 1 saturated heterocycles. The van der Waals surface area contributed by atoms with E-state index in [-0.39, 0.29) is 18.0 Å². The fourth-order valence-corrected chi connectivity index (χ4v) is 4.15. The first kappa shape index (κ1) is 18.3. The summed E-state index contributed by atoms with van der Waals surface area (Å²) in [6.07, 6.45) is -1.29. The Bertz CT molecular complexity index is 946. The van der Waals surface area contributed by atoms with Gasteiger partial charge in [-0.15, -0.1) is 0 Å². The molecule has 0 radical (unpaired) electrons. The monoisotopic (exact) mass is 378 g/mol. The zero-order chi connectivity index (χ0) is 18.9. The Hall–Kier alpha value is -2.45. The van der Waals surface area contributed by atoms with E-state index in [1.54, 1.807) is 31.2 Å². The zero-order valence-electron chi connectivity index (χ0n) is 14.4. The number of carbonyl (C=O) groups is 1. The summed E-state index contributed by atoms with van der Waals surface area (Å²) in [4.78, 5) is 13.5. The molecule has 2 aromatic rings. The van der Waals surface area contributed by atoms with Crippen LogP contribution in [0.3, 0.4) is 0 Å². The maximum absolute atomic E-state index is 13.3. The molecule has 2 aromatic carbocycles. The number of nitrogens with zero attached hydrogens (tertiary/aromatic N) is 1. The van der Waals surface area contributed by atoms with E-state index >= 15 is 0 Å². The van der Waals surface area contributed by atoms with Crippen molar-refractivity contribution in [1.29, 1.82) is 0 Å². The standard InChI is InChI=1S/C18H19FN2O4S/c1-12-6-7-17(13(2)8-12)26(23,24)20-10-16-11-21(18(22)25-16)15-5-3-4-14(19)9-15/h3-9,16,20H,10-11H2,1-2H3. The van der Waals surface area contributed by atoms with Crippen LogP contribution in [-0.2, 0) is 14.8 Å². The molecule has 26 heavy (non-hydrogen) atoms. The van der Waals surface area contributed by atoms with Crippen LogP contribution in [0.25, 0.3) is 0 Å². The minimum Gasteiger partial charge on any atom is -0.443 e. The Morgan fingerprint density at radius 2 is 2.00 bits per heavy atom. The third-order valence-corrected chi connectivity index (χ3v) is 5.70. The first-order valence-corrected chi connectivity index (χ1v) is 9.55. The summed E-state index contributed by atoms with van der Waals surface area (Å²) >= 11 is 0. The minimum absolute atomic E-state index is 0.0623. The molecule has 1 aliphatic rings. The molecule has 0 aromatic heterocycles. The van der Waals surface area contributed by atoms with Gasteiger partial charge in [0, 0.05) is 6.54 Å². The molecule has 138 valence electrons. The van der Waals surface area contributed by atoms with Gasteiger partial charge in [0.1, 0.15) is 11.9 Å². The smallest absolute Gasteiger partial charge is 0.414 e. The average Bonchev–Trinajstić information content (AvgIpc) is 2.94. The van der Waals surface area contributed by atoms with Crippen molar-refractivity contribution in [1.82, 2.24) is 4.72 Å². The zero-order valence-corrected chi connectivity index (χ0v) is 15.2. The van der Waals surface area contributed by atoms with Crippen molar-refractivity contribution in [3.63, 3.8) is 0 Å². The van der Waals surface area contributed by atoms with E-state index in [4.69, 9.17) is 4.74 Å². The van der Waals surface area contributed by atoms with Crippen LogP contribution in [0.1, 0.15) is 11.1 Å². The number of benzene rings is 2. The third kappa shape index (κ3) is 3.86. The lowest BCUT2D eigenvalue weighted by atomic mass is 10.2. The molecule has 1 unspecified atom stereocenters. The van der Waals surface area contributed by atoms with Crippen LogP contribution < -0.4 is 9.62 Å². The molecule has 0 saturated carbocycles. The number of cyclic esters (lactones) is 1.